The standard InChI is InChI=1S/C3H8O2.CH4O/c1-3(5)2-4;1-2/h3-5H,2H2,1H3;2H,1H3/t3-;/m0./s1. The molecule has 3 heteroatoms. The van der Waals surface area contributed by atoms with Gasteiger partial charge in [-0.1, -0.05) is 0 Å². The van der Waals surface area contributed by atoms with Crippen LogP contribution >= 0.6 is 0 Å². The molecule has 0 amide bonds. The molecule has 46 valence electrons. The number of hydrogen-bond acceptors (Lipinski definition) is 3. The fourth-order valence-corrected chi connectivity index (χ4v) is 0. The van der Waals surface area contributed by atoms with Gasteiger partial charge in [0, 0.05) is 7.11 Å². The highest BCUT2D eigenvalue weighted by molar-refractivity contribution is 4.33. The summed E-state index contributed by atoms with van der Waals surface area (Å²) in [4.78, 5) is 0. The van der Waals surface area contributed by atoms with Crippen LogP contribution in [0.4, 0.5) is 0 Å². The van der Waals surface area contributed by atoms with E-state index >= 15 is 0 Å². The molecule has 3 N–H and O–H groups in total. The third-order valence-electron chi connectivity index (χ3n) is 0.264. The van der Waals surface area contributed by atoms with Gasteiger partial charge in [0.15, 0.2) is 0 Å². The van der Waals surface area contributed by atoms with E-state index in [0.29, 0.717) is 0 Å². The van der Waals surface area contributed by atoms with Crippen LogP contribution in [0.3, 0.4) is 0 Å². The smallest absolute Gasteiger partial charge is 0.0742 e. The van der Waals surface area contributed by atoms with Gasteiger partial charge in [-0.15, -0.1) is 0 Å². The minimum absolute atomic E-state index is 0.139. The molecule has 0 aliphatic carbocycles. The Morgan fingerprint density at radius 1 is 1.43 bits per heavy atom. The second-order valence-electron chi connectivity index (χ2n) is 1.03. The highest BCUT2D eigenvalue weighted by Crippen LogP contribution is 1.68. The van der Waals surface area contributed by atoms with Gasteiger partial charge in [0.25, 0.3) is 0 Å². The highest BCUT2D eigenvalue weighted by atomic mass is 16.3. The second-order valence-corrected chi connectivity index (χ2v) is 1.03. The van der Waals surface area contributed by atoms with Crippen LogP contribution in [0.5, 0.6) is 0 Å². The number of hydrogen-bond donors (Lipinski definition) is 3. The van der Waals surface area contributed by atoms with Crippen LogP contribution in [0.25, 0.3) is 0 Å². The molecule has 0 unspecified atom stereocenters. The van der Waals surface area contributed by atoms with Gasteiger partial charge < -0.3 is 15.3 Å². The molecule has 0 bridgehead atoms. The Labute approximate surface area is 43.2 Å². The summed E-state index contributed by atoms with van der Waals surface area (Å²) < 4.78 is 0. The number of aliphatic hydroxyl groups is 3. The molecular formula is C4H12O3. The van der Waals surface area contributed by atoms with Crippen molar-refractivity contribution in [1.29, 1.82) is 0 Å². The van der Waals surface area contributed by atoms with Crippen molar-refractivity contribution in [2.45, 2.75) is 13.0 Å². The maximum absolute atomic E-state index is 8.11. The van der Waals surface area contributed by atoms with Crippen LogP contribution in [0.15, 0.2) is 0 Å². The van der Waals surface area contributed by atoms with Crippen molar-refractivity contribution < 1.29 is 15.3 Å². The Morgan fingerprint density at radius 3 is 1.57 bits per heavy atom. The summed E-state index contributed by atoms with van der Waals surface area (Å²) >= 11 is 0. The van der Waals surface area contributed by atoms with Gasteiger partial charge in [0.1, 0.15) is 0 Å². The summed E-state index contributed by atoms with van der Waals surface area (Å²) in [6.07, 6.45) is -0.560. The molecule has 0 aliphatic heterocycles. The normalized spacial score (nSPS) is 11.6. The molecule has 0 aromatic heterocycles. The Balaban J connectivity index is 0. The van der Waals surface area contributed by atoms with Gasteiger partial charge in [0.2, 0.25) is 0 Å². The Hall–Kier alpha value is -0.120. The zero-order chi connectivity index (χ0) is 6.28. The van der Waals surface area contributed by atoms with Crippen molar-refractivity contribution in [3.8, 4) is 0 Å². The lowest BCUT2D eigenvalue weighted by Crippen LogP contribution is -2.03. The topological polar surface area (TPSA) is 60.7 Å². The first-order chi connectivity index (χ1) is 3.27. The largest absolute Gasteiger partial charge is 0.400 e. The van der Waals surface area contributed by atoms with Crippen LogP contribution in [0.2, 0.25) is 0 Å². The van der Waals surface area contributed by atoms with Crippen molar-refractivity contribution in [2.24, 2.45) is 0 Å². The second kappa shape index (κ2) is 9.30. The Kier molecular flexibility index (Phi) is 13.3. The average molecular weight is 108 g/mol. The molecule has 0 radical (unpaired) electrons. The van der Waals surface area contributed by atoms with Crippen LogP contribution in [0, 0.1) is 0 Å². The fraction of sp³-hybridized carbons (Fsp3) is 1.00. The maximum atomic E-state index is 8.11. The summed E-state index contributed by atoms with van der Waals surface area (Å²) in [6, 6.07) is 0. The van der Waals surface area contributed by atoms with Gasteiger partial charge in [0.05, 0.1) is 12.7 Å². The van der Waals surface area contributed by atoms with Crippen molar-refractivity contribution in [2.75, 3.05) is 13.7 Å². The molecule has 3 nitrogen and oxygen atoms in total. The summed E-state index contributed by atoms with van der Waals surface area (Å²) in [6.45, 7) is 1.39. The monoisotopic (exact) mass is 108 g/mol. The zero-order valence-electron chi connectivity index (χ0n) is 4.63. The SMILES string of the molecule is CO.C[C@H](O)CO. The number of aliphatic hydroxyl groups excluding tert-OH is 3. The predicted molar refractivity (Wildman–Crippen MR) is 26.9 cm³/mol. The quantitative estimate of drug-likeness (QED) is 0.402. The lowest BCUT2D eigenvalue weighted by molar-refractivity contribution is 0.110. The molecular weight excluding hydrogens is 96.0 g/mol. The molecule has 0 saturated carbocycles. The molecule has 0 heterocycles. The van der Waals surface area contributed by atoms with E-state index in [-0.39, 0.29) is 6.61 Å². The van der Waals surface area contributed by atoms with E-state index in [1.54, 1.807) is 0 Å². The van der Waals surface area contributed by atoms with E-state index in [2.05, 4.69) is 0 Å². The van der Waals surface area contributed by atoms with E-state index in [0.717, 1.165) is 7.11 Å². The van der Waals surface area contributed by atoms with Crippen LogP contribution < -0.4 is 0 Å². The minimum atomic E-state index is -0.560. The molecule has 0 aromatic carbocycles. The highest BCUT2D eigenvalue weighted by Gasteiger charge is 1.83. The molecule has 0 aromatic rings. The van der Waals surface area contributed by atoms with E-state index in [1.165, 1.54) is 6.92 Å². The molecule has 0 fully saturated rings. The molecule has 0 rings (SSSR count). The molecule has 1 atom stereocenters. The summed E-state index contributed by atoms with van der Waals surface area (Å²) in [7, 11) is 1.00. The van der Waals surface area contributed by atoms with Gasteiger partial charge in [-0.3, -0.25) is 0 Å². The molecule has 0 spiro atoms. The van der Waals surface area contributed by atoms with Crippen LogP contribution in [0.1, 0.15) is 6.92 Å². The van der Waals surface area contributed by atoms with E-state index in [1.807, 2.05) is 0 Å². The van der Waals surface area contributed by atoms with Crippen molar-refractivity contribution in [3.63, 3.8) is 0 Å². The van der Waals surface area contributed by atoms with Crippen LogP contribution in [-0.2, 0) is 0 Å². The maximum Gasteiger partial charge on any atom is 0.0742 e. The average Bonchev–Trinajstić information content (AvgIpc) is 1.73. The summed E-state index contributed by atoms with van der Waals surface area (Å²) in [5.41, 5.74) is 0. The van der Waals surface area contributed by atoms with Crippen molar-refractivity contribution >= 4 is 0 Å². The molecule has 0 saturated heterocycles. The summed E-state index contributed by atoms with van der Waals surface area (Å²) in [5, 5.41) is 23.0. The van der Waals surface area contributed by atoms with Gasteiger partial charge in [-0.05, 0) is 6.92 Å². The lowest BCUT2D eigenvalue weighted by atomic mass is 10.5. The van der Waals surface area contributed by atoms with Crippen molar-refractivity contribution in [1.82, 2.24) is 0 Å². The van der Waals surface area contributed by atoms with E-state index < -0.39 is 6.10 Å². The van der Waals surface area contributed by atoms with Gasteiger partial charge in [-0.2, -0.15) is 0 Å². The van der Waals surface area contributed by atoms with E-state index in [9.17, 15) is 0 Å². The first-order valence-corrected chi connectivity index (χ1v) is 2.01. The molecule has 7 heavy (non-hydrogen) atoms. The van der Waals surface area contributed by atoms with Gasteiger partial charge in [-0.25, -0.2) is 0 Å². The van der Waals surface area contributed by atoms with Crippen LogP contribution in [-0.4, -0.2) is 35.1 Å². The first kappa shape index (κ1) is 9.99. The third kappa shape index (κ3) is 25.0. The Morgan fingerprint density at radius 2 is 1.57 bits per heavy atom. The van der Waals surface area contributed by atoms with Gasteiger partial charge >= 0.3 is 0 Å². The first-order valence-electron chi connectivity index (χ1n) is 2.01. The lowest BCUT2D eigenvalue weighted by Gasteiger charge is -1.90. The fourth-order valence-electron chi connectivity index (χ4n) is 0. The van der Waals surface area contributed by atoms with E-state index in [4.69, 9.17) is 15.3 Å². The Bertz CT molecular complexity index is 20.9. The summed E-state index contributed by atoms with van der Waals surface area (Å²) in [5.74, 6) is 0. The zero-order valence-corrected chi connectivity index (χ0v) is 4.63. The minimum Gasteiger partial charge on any atom is -0.400 e. The predicted octanol–water partition coefficient (Wildman–Crippen LogP) is -1.03. The third-order valence-corrected chi connectivity index (χ3v) is 0.264. The molecule has 0 aliphatic rings. The van der Waals surface area contributed by atoms with Crippen molar-refractivity contribution in [3.05, 3.63) is 0 Å². The number of rotatable bonds is 1.